The van der Waals surface area contributed by atoms with Crippen LogP contribution in [0.25, 0.3) is 11.1 Å². The fourth-order valence-electron chi connectivity index (χ4n) is 2.04. The van der Waals surface area contributed by atoms with E-state index < -0.39 is 10.9 Å². The second kappa shape index (κ2) is 6.04. The minimum atomic E-state index is -1.20. The lowest BCUT2D eigenvalue weighted by Gasteiger charge is -2.08. The van der Waals surface area contributed by atoms with Crippen molar-refractivity contribution >= 4 is 17.6 Å². The number of nitrogens with zero attached hydrogens (tertiary/aromatic N) is 1. The molecule has 0 heterocycles. The van der Waals surface area contributed by atoms with Crippen LogP contribution in [0.4, 0.5) is 5.69 Å². The molecule has 0 bridgehead atoms. The van der Waals surface area contributed by atoms with Gasteiger partial charge in [0.05, 0.1) is 10.5 Å². The number of carboxylic acid groups (broad SMARTS) is 1. The van der Waals surface area contributed by atoms with Crippen LogP contribution in [0.2, 0.25) is 0 Å². The van der Waals surface area contributed by atoms with E-state index in [1.165, 1.54) is 25.2 Å². The van der Waals surface area contributed by atoms with Crippen LogP contribution in [0.5, 0.6) is 0 Å². The Morgan fingerprint density at radius 3 is 2.50 bits per heavy atom. The summed E-state index contributed by atoms with van der Waals surface area (Å²) < 4.78 is 0. The molecule has 7 nitrogen and oxygen atoms in total. The van der Waals surface area contributed by atoms with Gasteiger partial charge in [0, 0.05) is 30.3 Å². The molecule has 0 aromatic heterocycles. The summed E-state index contributed by atoms with van der Waals surface area (Å²) in [6, 6.07) is 9.75. The smallest absolute Gasteiger partial charge is 0.336 e. The Bertz CT molecular complexity index is 770. The minimum absolute atomic E-state index is 0.0698. The van der Waals surface area contributed by atoms with Crippen LogP contribution in [0, 0.1) is 10.1 Å². The van der Waals surface area contributed by atoms with Crippen molar-refractivity contribution in [3.63, 3.8) is 0 Å². The van der Waals surface area contributed by atoms with E-state index in [1.54, 1.807) is 18.2 Å². The summed E-state index contributed by atoms with van der Waals surface area (Å²) in [6.45, 7) is 0. The van der Waals surface area contributed by atoms with E-state index in [2.05, 4.69) is 5.32 Å². The number of carboxylic acids is 1. The summed E-state index contributed by atoms with van der Waals surface area (Å²) in [7, 11) is 1.48. The van der Waals surface area contributed by atoms with Crippen molar-refractivity contribution in [3.8, 4) is 11.1 Å². The summed E-state index contributed by atoms with van der Waals surface area (Å²) in [4.78, 5) is 33.2. The predicted molar refractivity (Wildman–Crippen MR) is 78.9 cm³/mol. The van der Waals surface area contributed by atoms with Gasteiger partial charge < -0.3 is 10.4 Å². The lowest BCUT2D eigenvalue weighted by Crippen LogP contribution is -2.17. The van der Waals surface area contributed by atoms with Crippen molar-refractivity contribution in [2.75, 3.05) is 7.05 Å². The SMILES string of the molecule is CNC(=O)c1cccc(-c2cc([N+](=O)[O-])ccc2C(=O)O)c1. The Morgan fingerprint density at radius 1 is 1.18 bits per heavy atom. The van der Waals surface area contributed by atoms with Gasteiger partial charge in [-0.1, -0.05) is 12.1 Å². The topological polar surface area (TPSA) is 110 Å². The molecule has 0 fully saturated rings. The highest BCUT2D eigenvalue weighted by molar-refractivity contribution is 5.99. The number of rotatable bonds is 4. The highest BCUT2D eigenvalue weighted by atomic mass is 16.6. The van der Waals surface area contributed by atoms with E-state index >= 15 is 0 Å². The van der Waals surface area contributed by atoms with Crippen molar-refractivity contribution in [1.29, 1.82) is 0 Å². The van der Waals surface area contributed by atoms with E-state index in [0.29, 0.717) is 11.1 Å². The molecule has 0 unspecified atom stereocenters. The first-order chi connectivity index (χ1) is 10.4. The molecule has 0 spiro atoms. The average Bonchev–Trinajstić information content (AvgIpc) is 2.53. The average molecular weight is 300 g/mol. The van der Waals surface area contributed by atoms with Crippen LogP contribution in [0.3, 0.4) is 0 Å². The normalized spacial score (nSPS) is 10.0. The number of amides is 1. The molecule has 7 heteroatoms. The van der Waals surface area contributed by atoms with Crippen LogP contribution >= 0.6 is 0 Å². The van der Waals surface area contributed by atoms with Gasteiger partial charge in [0.1, 0.15) is 0 Å². The van der Waals surface area contributed by atoms with Gasteiger partial charge in [-0.05, 0) is 23.8 Å². The van der Waals surface area contributed by atoms with Gasteiger partial charge >= 0.3 is 5.97 Å². The molecule has 0 radical (unpaired) electrons. The predicted octanol–water partition coefficient (Wildman–Crippen LogP) is 2.32. The lowest BCUT2D eigenvalue weighted by molar-refractivity contribution is -0.384. The van der Waals surface area contributed by atoms with Gasteiger partial charge in [-0.25, -0.2) is 4.79 Å². The van der Waals surface area contributed by atoms with Crippen molar-refractivity contribution in [2.24, 2.45) is 0 Å². The van der Waals surface area contributed by atoms with Crippen molar-refractivity contribution in [1.82, 2.24) is 5.32 Å². The van der Waals surface area contributed by atoms with E-state index in [0.717, 1.165) is 6.07 Å². The first-order valence-corrected chi connectivity index (χ1v) is 6.28. The van der Waals surface area contributed by atoms with Crippen molar-refractivity contribution in [2.45, 2.75) is 0 Å². The molecule has 2 aromatic rings. The number of nitro groups is 1. The Balaban J connectivity index is 2.64. The summed E-state index contributed by atoms with van der Waals surface area (Å²) >= 11 is 0. The maximum Gasteiger partial charge on any atom is 0.336 e. The Morgan fingerprint density at radius 2 is 1.91 bits per heavy atom. The second-order valence-corrected chi connectivity index (χ2v) is 4.45. The number of nitrogens with one attached hydrogen (secondary N) is 1. The highest BCUT2D eigenvalue weighted by Crippen LogP contribution is 2.28. The molecule has 2 rings (SSSR count). The minimum Gasteiger partial charge on any atom is -0.478 e. The van der Waals surface area contributed by atoms with Gasteiger partial charge in [0.15, 0.2) is 0 Å². The molecule has 0 aliphatic rings. The van der Waals surface area contributed by atoms with E-state index in [1.807, 2.05) is 0 Å². The Hall–Kier alpha value is -3.22. The zero-order valence-corrected chi connectivity index (χ0v) is 11.6. The fraction of sp³-hybridized carbons (Fsp3) is 0.0667. The summed E-state index contributed by atoms with van der Waals surface area (Å²) in [5.41, 5.74) is 0.655. The molecule has 2 N–H and O–H groups in total. The third kappa shape index (κ3) is 2.93. The molecular formula is C15H12N2O5. The third-order valence-electron chi connectivity index (χ3n) is 3.11. The van der Waals surface area contributed by atoms with E-state index in [9.17, 15) is 24.8 Å². The number of hydrogen-bond donors (Lipinski definition) is 2. The van der Waals surface area contributed by atoms with Crippen molar-refractivity contribution < 1.29 is 19.6 Å². The van der Waals surface area contributed by atoms with E-state index in [4.69, 9.17) is 0 Å². The molecule has 1 amide bonds. The number of non-ortho nitro benzene ring substituents is 1. The molecule has 0 atom stereocenters. The van der Waals surface area contributed by atoms with Gasteiger partial charge in [-0.2, -0.15) is 0 Å². The quantitative estimate of drug-likeness (QED) is 0.665. The first-order valence-electron chi connectivity index (χ1n) is 6.28. The zero-order chi connectivity index (χ0) is 16.3. The molecule has 2 aromatic carbocycles. The molecule has 0 aliphatic heterocycles. The van der Waals surface area contributed by atoms with Gasteiger partial charge in [0.25, 0.3) is 11.6 Å². The highest BCUT2D eigenvalue weighted by Gasteiger charge is 2.17. The maximum atomic E-state index is 11.7. The van der Waals surface area contributed by atoms with Crippen LogP contribution in [0.15, 0.2) is 42.5 Å². The summed E-state index contributed by atoms with van der Waals surface area (Å²) in [6.07, 6.45) is 0. The van der Waals surface area contributed by atoms with Crippen LogP contribution in [-0.2, 0) is 0 Å². The van der Waals surface area contributed by atoms with Gasteiger partial charge in [-0.3, -0.25) is 14.9 Å². The van der Waals surface area contributed by atoms with Crippen LogP contribution in [0.1, 0.15) is 20.7 Å². The van der Waals surface area contributed by atoms with Crippen molar-refractivity contribution in [3.05, 3.63) is 63.7 Å². The molecule has 22 heavy (non-hydrogen) atoms. The number of carbonyl (C=O) groups is 2. The lowest BCUT2D eigenvalue weighted by atomic mass is 9.97. The zero-order valence-electron chi connectivity index (χ0n) is 11.6. The molecule has 0 aliphatic carbocycles. The standard InChI is InChI=1S/C15H12N2O5/c1-16-14(18)10-4-2-3-9(7-10)13-8-11(17(21)22)5-6-12(13)15(19)20/h2-8H,1H3,(H,16,18)(H,19,20). The molecule has 0 saturated heterocycles. The number of nitro benzene ring substituents is 1. The maximum absolute atomic E-state index is 11.7. The number of aromatic carboxylic acids is 1. The van der Waals surface area contributed by atoms with Gasteiger partial charge in [-0.15, -0.1) is 0 Å². The molecule has 0 saturated carbocycles. The number of carbonyl (C=O) groups excluding carboxylic acids is 1. The largest absolute Gasteiger partial charge is 0.478 e. The Kier molecular flexibility index (Phi) is 4.17. The summed E-state index contributed by atoms with van der Waals surface area (Å²) in [5.74, 6) is -1.53. The van der Waals surface area contributed by atoms with Gasteiger partial charge in [0.2, 0.25) is 0 Å². The summed E-state index contributed by atoms with van der Waals surface area (Å²) in [5, 5.41) is 22.6. The first kappa shape index (κ1) is 15.2. The van der Waals surface area contributed by atoms with Crippen LogP contribution in [-0.4, -0.2) is 29.0 Å². The molecule has 112 valence electrons. The molecular weight excluding hydrogens is 288 g/mol. The van der Waals surface area contributed by atoms with Crippen LogP contribution < -0.4 is 5.32 Å². The van der Waals surface area contributed by atoms with E-state index in [-0.39, 0.29) is 22.7 Å². The second-order valence-electron chi connectivity index (χ2n) is 4.45. The fourth-order valence-corrected chi connectivity index (χ4v) is 2.04. The number of benzene rings is 2. The Labute approximate surface area is 125 Å². The monoisotopic (exact) mass is 300 g/mol. The number of hydrogen-bond acceptors (Lipinski definition) is 4. The third-order valence-corrected chi connectivity index (χ3v) is 3.11.